The number of hydrogen-bond acceptors (Lipinski definition) is 3. The van der Waals surface area contributed by atoms with Gasteiger partial charge in [0.1, 0.15) is 6.04 Å². The smallest absolute Gasteiger partial charge is 0.325 e. The molecule has 0 amide bonds. The Balaban J connectivity index is 2.78. The molecule has 4 heteroatoms. The van der Waals surface area contributed by atoms with Crippen molar-refractivity contribution >= 4 is 5.97 Å². The molecule has 0 aliphatic heterocycles. The van der Waals surface area contributed by atoms with Crippen LogP contribution in [0.1, 0.15) is 31.0 Å². The van der Waals surface area contributed by atoms with Crippen molar-refractivity contribution in [1.29, 1.82) is 0 Å². The number of hydrogen-bond donors (Lipinski definition) is 2. The van der Waals surface area contributed by atoms with Crippen LogP contribution >= 0.6 is 0 Å². The number of benzene rings is 1. The van der Waals surface area contributed by atoms with Gasteiger partial charge in [-0.25, -0.2) is 0 Å². The van der Waals surface area contributed by atoms with E-state index in [2.05, 4.69) is 0 Å². The highest BCUT2D eigenvalue weighted by atomic mass is 16.5. The van der Waals surface area contributed by atoms with Crippen molar-refractivity contribution in [2.24, 2.45) is 5.73 Å². The van der Waals surface area contributed by atoms with Crippen LogP contribution in [0.2, 0.25) is 0 Å². The normalized spacial score (nSPS) is 13.4. The molecule has 0 saturated heterocycles. The first kappa shape index (κ1) is 13.7. The van der Waals surface area contributed by atoms with Gasteiger partial charge in [0.05, 0.1) is 5.60 Å². The molecule has 0 fully saturated rings. The van der Waals surface area contributed by atoms with Gasteiger partial charge in [0.25, 0.3) is 0 Å². The quantitative estimate of drug-likeness (QED) is 0.818. The molecule has 94 valence electrons. The molecule has 1 unspecified atom stereocenters. The summed E-state index contributed by atoms with van der Waals surface area (Å²) in [4.78, 5) is 10.7. The fraction of sp³-hybridized carbons (Fsp3) is 0.462. The Morgan fingerprint density at radius 1 is 1.41 bits per heavy atom. The molecule has 0 radical (unpaired) electrons. The fourth-order valence-corrected chi connectivity index (χ4v) is 1.55. The second-order valence-electron chi connectivity index (χ2n) is 4.70. The summed E-state index contributed by atoms with van der Waals surface area (Å²) in [5, 5.41) is 8.78. The third kappa shape index (κ3) is 3.84. The third-order valence-corrected chi connectivity index (χ3v) is 2.79. The Morgan fingerprint density at radius 2 is 1.94 bits per heavy atom. The predicted molar refractivity (Wildman–Crippen MR) is 65.8 cm³/mol. The van der Waals surface area contributed by atoms with Gasteiger partial charge in [-0.15, -0.1) is 0 Å². The van der Waals surface area contributed by atoms with Gasteiger partial charge in [-0.05, 0) is 25.0 Å². The lowest BCUT2D eigenvalue weighted by Crippen LogP contribution is -2.25. The Hall–Kier alpha value is -1.39. The summed E-state index contributed by atoms with van der Waals surface area (Å²) < 4.78 is 5.34. The Bertz CT molecular complexity index is 384. The monoisotopic (exact) mass is 237 g/mol. The SMILES string of the molecule is COC(C)(C)Cc1ccc(C(N)C(=O)O)cc1. The molecule has 1 atom stereocenters. The Labute approximate surface area is 101 Å². The van der Waals surface area contributed by atoms with Gasteiger partial charge in [0.2, 0.25) is 0 Å². The number of carbonyl (C=O) groups is 1. The molecule has 0 aliphatic rings. The summed E-state index contributed by atoms with van der Waals surface area (Å²) >= 11 is 0. The summed E-state index contributed by atoms with van der Waals surface area (Å²) in [5.74, 6) is -1.02. The van der Waals surface area contributed by atoms with Gasteiger partial charge in [0.15, 0.2) is 0 Å². The molecule has 1 aromatic rings. The average Bonchev–Trinajstić information content (AvgIpc) is 2.28. The van der Waals surface area contributed by atoms with E-state index >= 15 is 0 Å². The van der Waals surface area contributed by atoms with E-state index in [1.807, 2.05) is 26.0 Å². The molecule has 0 aliphatic carbocycles. The van der Waals surface area contributed by atoms with Gasteiger partial charge in [-0.3, -0.25) is 4.79 Å². The van der Waals surface area contributed by atoms with Crippen LogP contribution in [-0.2, 0) is 16.0 Å². The molecule has 17 heavy (non-hydrogen) atoms. The van der Waals surface area contributed by atoms with E-state index < -0.39 is 12.0 Å². The van der Waals surface area contributed by atoms with Crippen LogP contribution in [0.15, 0.2) is 24.3 Å². The van der Waals surface area contributed by atoms with Crippen molar-refractivity contribution in [3.05, 3.63) is 35.4 Å². The molecule has 1 aromatic carbocycles. The van der Waals surface area contributed by atoms with Crippen LogP contribution < -0.4 is 5.73 Å². The summed E-state index contributed by atoms with van der Waals surface area (Å²) in [6.45, 7) is 4.01. The maximum atomic E-state index is 10.7. The maximum Gasteiger partial charge on any atom is 0.325 e. The molecule has 4 nitrogen and oxygen atoms in total. The second kappa shape index (κ2) is 5.29. The summed E-state index contributed by atoms with van der Waals surface area (Å²) in [5.41, 5.74) is 6.99. The van der Waals surface area contributed by atoms with Crippen molar-refractivity contribution in [2.45, 2.75) is 31.9 Å². The Morgan fingerprint density at radius 3 is 2.35 bits per heavy atom. The van der Waals surface area contributed by atoms with Crippen LogP contribution in [0.3, 0.4) is 0 Å². The van der Waals surface area contributed by atoms with E-state index in [1.165, 1.54) is 0 Å². The van der Waals surface area contributed by atoms with Crippen LogP contribution in [0, 0.1) is 0 Å². The molecule has 0 aromatic heterocycles. The van der Waals surface area contributed by atoms with Crippen molar-refractivity contribution in [1.82, 2.24) is 0 Å². The van der Waals surface area contributed by atoms with E-state index in [1.54, 1.807) is 19.2 Å². The highest BCUT2D eigenvalue weighted by Gasteiger charge is 2.18. The minimum absolute atomic E-state index is 0.226. The topological polar surface area (TPSA) is 72.5 Å². The summed E-state index contributed by atoms with van der Waals surface area (Å²) in [6, 6.07) is 6.32. The fourth-order valence-electron chi connectivity index (χ4n) is 1.55. The molecule has 1 rings (SSSR count). The molecule has 0 bridgehead atoms. The van der Waals surface area contributed by atoms with Gasteiger partial charge in [-0.2, -0.15) is 0 Å². The van der Waals surface area contributed by atoms with Crippen molar-refractivity contribution in [2.75, 3.05) is 7.11 Å². The number of carboxylic acid groups (broad SMARTS) is 1. The lowest BCUT2D eigenvalue weighted by molar-refractivity contribution is -0.138. The zero-order valence-electron chi connectivity index (χ0n) is 10.4. The number of rotatable bonds is 5. The molecule has 3 N–H and O–H groups in total. The van der Waals surface area contributed by atoms with Gasteiger partial charge in [0, 0.05) is 13.5 Å². The van der Waals surface area contributed by atoms with Gasteiger partial charge in [-0.1, -0.05) is 24.3 Å². The number of nitrogens with two attached hydrogens (primary N) is 1. The van der Waals surface area contributed by atoms with Crippen molar-refractivity contribution in [3.8, 4) is 0 Å². The third-order valence-electron chi connectivity index (χ3n) is 2.79. The zero-order valence-corrected chi connectivity index (χ0v) is 10.4. The second-order valence-corrected chi connectivity index (χ2v) is 4.70. The lowest BCUT2D eigenvalue weighted by Gasteiger charge is -2.23. The van der Waals surface area contributed by atoms with Crippen molar-refractivity contribution in [3.63, 3.8) is 0 Å². The van der Waals surface area contributed by atoms with Crippen LogP contribution in [0.4, 0.5) is 0 Å². The number of carboxylic acids is 1. The van der Waals surface area contributed by atoms with Crippen LogP contribution in [-0.4, -0.2) is 23.8 Å². The minimum atomic E-state index is -1.02. The van der Waals surface area contributed by atoms with Crippen LogP contribution in [0.5, 0.6) is 0 Å². The highest BCUT2D eigenvalue weighted by molar-refractivity contribution is 5.75. The molecule has 0 heterocycles. The predicted octanol–water partition coefficient (Wildman–Crippen LogP) is 1.74. The minimum Gasteiger partial charge on any atom is -0.480 e. The van der Waals surface area contributed by atoms with Crippen LogP contribution in [0.25, 0.3) is 0 Å². The maximum absolute atomic E-state index is 10.7. The number of aliphatic carboxylic acids is 1. The number of methoxy groups -OCH3 is 1. The first-order valence-electron chi connectivity index (χ1n) is 5.48. The Kier molecular flexibility index (Phi) is 4.26. The van der Waals surface area contributed by atoms with Gasteiger partial charge >= 0.3 is 5.97 Å². The highest BCUT2D eigenvalue weighted by Crippen LogP contribution is 2.18. The first-order valence-corrected chi connectivity index (χ1v) is 5.48. The van der Waals surface area contributed by atoms with Gasteiger partial charge < -0.3 is 15.6 Å². The standard InChI is InChI=1S/C13H19NO3/c1-13(2,17-3)8-9-4-6-10(7-5-9)11(14)12(15)16/h4-7,11H,8,14H2,1-3H3,(H,15,16). The molecular formula is C13H19NO3. The van der Waals surface area contributed by atoms with E-state index in [9.17, 15) is 4.79 Å². The van der Waals surface area contributed by atoms with E-state index in [4.69, 9.17) is 15.6 Å². The first-order chi connectivity index (χ1) is 7.85. The van der Waals surface area contributed by atoms with E-state index in [-0.39, 0.29) is 5.60 Å². The summed E-state index contributed by atoms with van der Waals surface area (Å²) in [7, 11) is 1.68. The zero-order chi connectivity index (χ0) is 13.1. The van der Waals surface area contributed by atoms with E-state index in [0.717, 1.165) is 12.0 Å². The lowest BCUT2D eigenvalue weighted by atomic mass is 9.96. The molecule has 0 spiro atoms. The molecular weight excluding hydrogens is 218 g/mol. The van der Waals surface area contributed by atoms with E-state index in [0.29, 0.717) is 5.56 Å². The molecule has 0 saturated carbocycles. The van der Waals surface area contributed by atoms with Crippen molar-refractivity contribution < 1.29 is 14.6 Å². The summed E-state index contributed by atoms with van der Waals surface area (Å²) in [6.07, 6.45) is 0.770. The average molecular weight is 237 g/mol. The largest absolute Gasteiger partial charge is 0.480 e. The number of ether oxygens (including phenoxy) is 1.